The summed E-state index contributed by atoms with van der Waals surface area (Å²) in [6.45, 7) is 0. The third-order valence-electron chi connectivity index (χ3n) is 8.18. The van der Waals surface area contributed by atoms with Crippen molar-refractivity contribution in [2.75, 3.05) is 7.11 Å². The van der Waals surface area contributed by atoms with E-state index < -0.39 is 47.8 Å². The number of benzene rings is 5. The van der Waals surface area contributed by atoms with Crippen molar-refractivity contribution >= 4 is 17.8 Å². The van der Waals surface area contributed by atoms with Crippen LogP contribution in [0.15, 0.2) is 146 Å². The van der Waals surface area contributed by atoms with Gasteiger partial charge in [-0.1, -0.05) is 133 Å². The summed E-state index contributed by atoms with van der Waals surface area (Å²) < 4.78 is 19.8. The van der Waals surface area contributed by atoms with Gasteiger partial charge in [0, 0.05) is 5.56 Å². The van der Waals surface area contributed by atoms with Crippen LogP contribution in [0.1, 0.15) is 44.7 Å². The van der Waals surface area contributed by atoms with Crippen molar-refractivity contribution in [3.05, 3.63) is 179 Å². The molecule has 5 aromatic carbocycles. The molecular formula is C38H31FN2O4. The molecule has 0 bridgehead atoms. The number of rotatable bonds is 9. The lowest BCUT2D eigenvalue weighted by Gasteiger charge is -2.33. The zero-order valence-electron chi connectivity index (χ0n) is 24.6. The fourth-order valence-electron chi connectivity index (χ4n) is 6.23. The maximum Gasteiger partial charge on any atom is 0.331 e. The third-order valence-corrected chi connectivity index (χ3v) is 8.18. The van der Waals surface area contributed by atoms with Crippen molar-refractivity contribution in [3.63, 3.8) is 0 Å². The molecule has 45 heavy (non-hydrogen) atoms. The van der Waals surface area contributed by atoms with Crippen molar-refractivity contribution in [3.8, 4) is 0 Å². The number of nitrogens with zero attached hydrogens (tertiary/aromatic N) is 2. The molecule has 0 aliphatic carbocycles. The number of ether oxygens (including phenoxy) is 1. The van der Waals surface area contributed by atoms with Crippen LogP contribution >= 0.6 is 0 Å². The van der Waals surface area contributed by atoms with Crippen LogP contribution in [0, 0.1) is 5.82 Å². The monoisotopic (exact) mass is 598 g/mol. The zero-order chi connectivity index (χ0) is 31.3. The van der Waals surface area contributed by atoms with E-state index in [-0.39, 0.29) is 5.56 Å². The maximum absolute atomic E-state index is 15.1. The first kappa shape index (κ1) is 29.5. The first-order valence-electron chi connectivity index (χ1n) is 14.7. The number of ketones is 1. The fourth-order valence-corrected chi connectivity index (χ4v) is 6.23. The second-order valence-corrected chi connectivity index (χ2v) is 10.8. The minimum absolute atomic E-state index is 0.0457. The second kappa shape index (κ2) is 13.0. The Kier molecular flexibility index (Phi) is 8.51. The van der Waals surface area contributed by atoms with Gasteiger partial charge in [0.25, 0.3) is 0 Å². The summed E-state index contributed by atoms with van der Waals surface area (Å²) in [5.74, 6) is -1.92. The van der Waals surface area contributed by atoms with Gasteiger partial charge in [-0.05, 0) is 34.4 Å². The van der Waals surface area contributed by atoms with Crippen molar-refractivity contribution in [1.29, 1.82) is 0 Å². The van der Waals surface area contributed by atoms with E-state index >= 15 is 4.79 Å². The Bertz CT molecular complexity index is 1710. The molecule has 1 aliphatic heterocycles. The molecule has 1 aliphatic rings. The molecule has 1 fully saturated rings. The number of esters is 1. The molecule has 6 nitrogen and oxygen atoms in total. The standard InChI is InChI=1S/C38H31FN2O4/c1-45-37(43)35-34(36(42)30-23-14-24-31(39)25-30)40(32(26-15-6-2-7-16-26)27-17-8-3-9-18-27)38(44)41(35)33(28-19-10-4-11-20-28)29-21-12-5-13-22-29/h2-25,32-35H,1H3. The highest BCUT2D eigenvalue weighted by Gasteiger charge is 2.58. The molecule has 1 heterocycles. The lowest BCUT2D eigenvalue weighted by molar-refractivity contribution is -0.146. The molecule has 7 heteroatoms. The van der Waals surface area contributed by atoms with Gasteiger partial charge < -0.3 is 9.64 Å². The molecule has 6 rings (SSSR count). The summed E-state index contributed by atoms with van der Waals surface area (Å²) in [5, 5.41) is 0. The van der Waals surface area contributed by atoms with E-state index in [1.54, 1.807) is 0 Å². The van der Waals surface area contributed by atoms with E-state index in [1.165, 1.54) is 35.1 Å². The molecule has 0 radical (unpaired) electrons. The van der Waals surface area contributed by atoms with Crippen LogP contribution in [0.4, 0.5) is 9.18 Å². The second-order valence-electron chi connectivity index (χ2n) is 10.8. The van der Waals surface area contributed by atoms with E-state index in [0.29, 0.717) is 0 Å². The molecule has 0 aromatic heterocycles. The summed E-state index contributed by atoms with van der Waals surface area (Å²) >= 11 is 0. The zero-order valence-corrected chi connectivity index (χ0v) is 24.6. The molecule has 224 valence electrons. The highest BCUT2D eigenvalue weighted by atomic mass is 19.1. The van der Waals surface area contributed by atoms with Crippen LogP contribution in [0.2, 0.25) is 0 Å². The van der Waals surface area contributed by atoms with Crippen LogP contribution in [0.5, 0.6) is 0 Å². The Morgan fingerprint density at radius 3 is 1.38 bits per heavy atom. The molecule has 0 saturated carbocycles. The summed E-state index contributed by atoms with van der Waals surface area (Å²) in [6.07, 6.45) is 0. The van der Waals surface area contributed by atoms with Crippen LogP contribution in [0.25, 0.3) is 0 Å². The lowest BCUT2D eigenvalue weighted by atomic mass is 9.91. The molecular weight excluding hydrogens is 567 g/mol. The highest BCUT2D eigenvalue weighted by Crippen LogP contribution is 2.43. The van der Waals surface area contributed by atoms with Crippen LogP contribution < -0.4 is 0 Å². The van der Waals surface area contributed by atoms with Gasteiger partial charge in [-0.25, -0.2) is 14.0 Å². The summed E-state index contributed by atoms with van der Waals surface area (Å²) in [5.41, 5.74) is 3.04. The van der Waals surface area contributed by atoms with Crippen molar-refractivity contribution < 1.29 is 23.5 Å². The van der Waals surface area contributed by atoms with Gasteiger partial charge in [0.05, 0.1) is 19.2 Å². The van der Waals surface area contributed by atoms with E-state index in [4.69, 9.17) is 4.74 Å². The Labute approximate surface area is 261 Å². The van der Waals surface area contributed by atoms with Crippen molar-refractivity contribution in [2.45, 2.75) is 24.2 Å². The van der Waals surface area contributed by atoms with Crippen molar-refractivity contribution in [2.24, 2.45) is 0 Å². The average Bonchev–Trinajstić information content (AvgIpc) is 3.38. The fraction of sp³-hybridized carbons (Fsp3) is 0.132. The third kappa shape index (κ3) is 5.72. The quantitative estimate of drug-likeness (QED) is 0.133. The highest BCUT2D eigenvalue weighted by molar-refractivity contribution is 6.08. The molecule has 2 amide bonds. The van der Waals surface area contributed by atoms with Gasteiger partial charge in [-0.3, -0.25) is 9.69 Å². The topological polar surface area (TPSA) is 66.9 Å². The number of urea groups is 1. The number of carbonyl (C=O) groups excluding carboxylic acids is 3. The number of Topliss-reactive ketones (excluding diaryl/α,β-unsaturated/α-hetero) is 1. The Morgan fingerprint density at radius 1 is 0.600 bits per heavy atom. The number of hydrogen-bond acceptors (Lipinski definition) is 4. The minimum atomic E-state index is -1.36. The Morgan fingerprint density at radius 2 is 1.00 bits per heavy atom. The Hall–Kier alpha value is -5.56. The van der Waals surface area contributed by atoms with Crippen LogP contribution in [0.3, 0.4) is 0 Å². The van der Waals surface area contributed by atoms with Gasteiger partial charge in [-0.2, -0.15) is 0 Å². The normalized spacial score (nSPS) is 16.3. The molecule has 2 unspecified atom stereocenters. The molecule has 0 N–H and O–H groups in total. The predicted molar refractivity (Wildman–Crippen MR) is 169 cm³/mol. The maximum atomic E-state index is 15.1. The van der Waals surface area contributed by atoms with E-state index in [9.17, 15) is 14.0 Å². The van der Waals surface area contributed by atoms with E-state index in [0.717, 1.165) is 28.3 Å². The van der Waals surface area contributed by atoms with Gasteiger partial charge in [0.2, 0.25) is 0 Å². The summed E-state index contributed by atoms with van der Waals surface area (Å²) in [4.78, 5) is 46.6. The van der Waals surface area contributed by atoms with Gasteiger partial charge in [0.1, 0.15) is 11.9 Å². The van der Waals surface area contributed by atoms with E-state index in [2.05, 4.69) is 0 Å². The molecule has 5 aromatic rings. The van der Waals surface area contributed by atoms with Crippen LogP contribution in [-0.2, 0) is 9.53 Å². The summed E-state index contributed by atoms with van der Waals surface area (Å²) in [7, 11) is 1.24. The predicted octanol–water partition coefficient (Wildman–Crippen LogP) is 7.24. The molecule has 2 atom stereocenters. The smallest absolute Gasteiger partial charge is 0.331 e. The minimum Gasteiger partial charge on any atom is -0.467 e. The van der Waals surface area contributed by atoms with Crippen molar-refractivity contribution in [1.82, 2.24) is 9.80 Å². The van der Waals surface area contributed by atoms with Gasteiger partial charge in [0.15, 0.2) is 11.8 Å². The van der Waals surface area contributed by atoms with Crippen LogP contribution in [-0.4, -0.2) is 46.8 Å². The SMILES string of the molecule is COC(=O)C1C(C(=O)c2cccc(F)c2)N(C(c2ccccc2)c2ccccc2)C(=O)N1C(c1ccccc1)c1ccccc1. The largest absolute Gasteiger partial charge is 0.467 e. The lowest BCUT2D eigenvalue weighted by Crippen LogP contribution is -2.50. The average molecular weight is 599 g/mol. The van der Waals surface area contributed by atoms with Gasteiger partial charge >= 0.3 is 12.0 Å². The van der Waals surface area contributed by atoms with Gasteiger partial charge in [-0.15, -0.1) is 0 Å². The number of hydrogen-bond donors (Lipinski definition) is 0. The molecule has 1 saturated heterocycles. The first-order chi connectivity index (χ1) is 22.0. The van der Waals surface area contributed by atoms with E-state index in [1.807, 2.05) is 121 Å². The molecule has 0 spiro atoms. The number of methoxy groups -OCH3 is 1. The Balaban J connectivity index is 1.63. The first-order valence-corrected chi connectivity index (χ1v) is 14.7. The number of amides is 2. The number of carbonyl (C=O) groups is 3. The summed E-state index contributed by atoms with van der Waals surface area (Å²) in [6, 6.07) is 38.0. The number of halogens is 1.